The normalized spacial score (nSPS) is 10.4. The number of amides is 1. The average Bonchev–Trinajstić information content (AvgIpc) is 2.38. The second kappa shape index (κ2) is 8.51. The molecule has 0 saturated heterocycles. The molecular formula is C15H23FN2O. The maximum atomic E-state index is 13.4. The minimum Gasteiger partial charge on any atom is -0.399 e. The first-order valence-electron chi connectivity index (χ1n) is 6.98. The van der Waals surface area contributed by atoms with Gasteiger partial charge in [-0.05, 0) is 24.6 Å². The largest absolute Gasteiger partial charge is 0.399 e. The maximum absolute atomic E-state index is 13.4. The molecule has 19 heavy (non-hydrogen) atoms. The van der Waals surface area contributed by atoms with Crippen molar-refractivity contribution in [2.75, 3.05) is 11.1 Å². The van der Waals surface area contributed by atoms with Crippen LogP contribution in [0.5, 0.6) is 0 Å². The van der Waals surface area contributed by atoms with Crippen molar-refractivity contribution in [3.63, 3.8) is 0 Å². The highest BCUT2D eigenvalue weighted by Gasteiger charge is 2.07. The molecule has 0 radical (unpaired) electrons. The van der Waals surface area contributed by atoms with Crippen LogP contribution in [0.4, 0.5) is 15.8 Å². The van der Waals surface area contributed by atoms with Gasteiger partial charge in [-0.15, -0.1) is 0 Å². The van der Waals surface area contributed by atoms with Gasteiger partial charge in [-0.25, -0.2) is 4.39 Å². The van der Waals surface area contributed by atoms with E-state index in [0.717, 1.165) is 19.3 Å². The highest BCUT2D eigenvalue weighted by atomic mass is 19.1. The van der Waals surface area contributed by atoms with Crippen LogP contribution in [-0.4, -0.2) is 5.91 Å². The molecule has 3 nitrogen and oxygen atoms in total. The summed E-state index contributed by atoms with van der Waals surface area (Å²) in [5.41, 5.74) is 6.16. The summed E-state index contributed by atoms with van der Waals surface area (Å²) in [7, 11) is 0. The molecule has 106 valence electrons. The first-order valence-corrected chi connectivity index (χ1v) is 6.98. The quantitative estimate of drug-likeness (QED) is 0.550. The van der Waals surface area contributed by atoms with Crippen molar-refractivity contribution in [2.45, 2.75) is 51.9 Å². The molecule has 1 aromatic rings. The first kappa shape index (κ1) is 15.5. The Hall–Kier alpha value is -1.58. The Bertz CT molecular complexity index is 407. The molecule has 0 fully saturated rings. The van der Waals surface area contributed by atoms with Gasteiger partial charge in [-0.2, -0.15) is 0 Å². The smallest absolute Gasteiger partial charge is 0.224 e. The van der Waals surface area contributed by atoms with Crippen LogP contribution in [0.3, 0.4) is 0 Å². The topological polar surface area (TPSA) is 55.1 Å². The second-order valence-electron chi connectivity index (χ2n) is 4.81. The van der Waals surface area contributed by atoms with Crippen LogP contribution in [0.25, 0.3) is 0 Å². The molecule has 0 saturated carbocycles. The average molecular weight is 266 g/mol. The van der Waals surface area contributed by atoms with Crippen LogP contribution in [0.1, 0.15) is 51.9 Å². The summed E-state index contributed by atoms with van der Waals surface area (Å²) in [5, 5.41) is 2.56. The number of nitrogens with one attached hydrogen (secondary N) is 1. The Morgan fingerprint density at radius 3 is 2.63 bits per heavy atom. The number of carbonyl (C=O) groups is 1. The molecule has 0 bridgehead atoms. The molecule has 0 spiro atoms. The fourth-order valence-corrected chi connectivity index (χ4v) is 1.92. The predicted octanol–water partition coefficient (Wildman–Crippen LogP) is 4.10. The van der Waals surface area contributed by atoms with Crippen LogP contribution in [0.15, 0.2) is 18.2 Å². The number of nitrogens with two attached hydrogens (primary N) is 1. The van der Waals surface area contributed by atoms with Gasteiger partial charge in [0.05, 0.1) is 5.69 Å². The Balaban J connectivity index is 2.25. The van der Waals surface area contributed by atoms with Crippen molar-refractivity contribution in [1.29, 1.82) is 0 Å². The second-order valence-corrected chi connectivity index (χ2v) is 4.81. The van der Waals surface area contributed by atoms with Crippen LogP contribution in [0.2, 0.25) is 0 Å². The van der Waals surface area contributed by atoms with Crippen LogP contribution in [-0.2, 0) is 4.79 Å². The minimum atomic E-state index is -0.453. The SMILES string of the molecule is CCCCCCCCC(=O)Nc1cc(N)ccc1F. The fraction of sp³-hybridized carbons (Fsp3) is 0.533. The lowest BCUT2D eigenvalue weighted by Gasteiger charge is -2.07. The zero-order valence-electron chi connectivity index (χ0n) is 11.5. The van der Waals surface area contributed by atoms with Crippen molar-refractivity contribution in [3.05, 3.63) is 24.0 Å². The number of unbranched alkanes of at least 4 members (excludes halogenated alkanes) is 5. The third-order valence-electron chi connectivity index (χ3n) is 3.02. The summed E-state index contributed by atoms with van der Waals surface area (Å²) in [4.78, 5) is 11.6. The van der Waals surface area contributed by atoms with Gasteiger partial charge < -0.3 is 11.1 Å². The van der Waals surface area contributed by atoms with Crippen LogP contribution < -0.4 is 11.1 Å². The van der Waals surface area contributed by atoms with E-state index in [1.807, 2.05) is 0 Å². The molecular weight excluding hydrogens is 243 g/mol. The maximum Gasteiger partial charge on any atom is 0.224 e. The molecule has 1 rings (SSSR count). The Morgan fingerprint density at radius 1 is 1.21 bits per heavy atom. The van der Waals surface area contributed by atoms with Crippen LogP contribution >= 0.6 is 0 Å². The third kappa shape index (κ3) is 6.22. The number of nitrogen functional groups attached to an aromatic ring is 1. The van der Waals surface area contributed by atoms with Gasteiger partial charge in [-0.3, -0.25) is 4.79 Å². The molecule has 1 aromatic carbocycles. The molecule has 0 atom stereocenters. The van der Waals surface area contributed by atoms with E-state index in [1.165, 1.54) is 37.5 Å². The molecule has 0 unspecified atom stereocenters. The third-order valence-corrected chi connectivity index (χ3v) is 3.02. The predicted molar refractivity (Wildman–Crippen MR) is 77.4 cm³/mol. The van der Waals surface area contributed by atoms with Crippen molar-refractivity contribution in [1.82, 2.24) is 0 Å². The molecule has 0 heterocycles. The van der Waals surface area contributed by atoms with Gasteiger partial charge >= 0.3 is 0 Å². The van der Waals surface area contributed by atoms with Gasteiger partial charge in [0.1, 0.15) is 5.82 Å². The van der Waals surface area contributed by atoms with E-state index < -0.39 is 5.82 Å². The van der Waals surface area contributed by atoms with Crippen molar-refractivity contribution in [2.24, 2.45) is 0 Å². The summed E-state index contributed by atoms with van der Waals surface area (Å²) in [6.07, 6.45) is 7.18. The van der Waals surface area contributed by atoms with E-state index in [4.69, 9.17) is 5.73 Å². The van der Waals surface area contributed by atoms with E-state index in [-0.39, 0.29) is 11.6 Å². The fourth-order valence-electron chi connectivity index (χ4n) is 1.92. The lowest BCUT2D eigenvalue weighted by atomic mass is 10.1. The zero-order chi connectivity index (χ0) is 14.1. The Morgan fingerprint density at radius 2 is 1.89 bits per heavy atom. The molecule has 0 aliphatic rings. The Labute approximate surface area is 114 Å². The van der Waals surface area contributed by atoms with Gasteiger partial charge in [0.25, 0.3) is 0 Å². The monoisotopic (exact) mass is 266 g/mol. The van der Waals surface area contributed by atoms with Gasteiger partial charge in [0.2, 0.25) is 5.91 Å². The zero-order valence-corrected chi connectivity index (χ0v) is 11.5. The molecule has 1 amide bonds. The minimum absolute atomic E-state index is 0.153. The van der Waals surface area contributed by atoms with Crippen molar-refractivity contribution in [3.8, 4) is 0 Å². The van der Waals surface area contributed by atoms with Gasteiger partial charge in [0.15, 0.2) is 0 Å². The standard InChI is InChI=1S/C15H23FN2O/c1-2-3-4-5-6-7-8-15(19)18-14-11-12(17)9-10-13(14)16/h9-11H,2-8,17H2,1H3,(H,18,19). The highest BCUT2D eigenvalue weighted by Crippen LogP contribution is 2.18. The lowest BCUT2D eigenvalue weighted by molar-refractivity contribution is -0.116. The Kier molecular flexibility index (Phi) is 6.93. The van der Waals surface area contributed by atoms with Crippen molar-refractivity contribution < 1.29 is 9.18 Å². The number of hydrogen-bond acceptors (Lipinski definition) is 2. The number of benzene rings is 1. The van der Waals surface area contributed by atoms with Crippen molar-refractivity contribution >= 4 is 17.3 Å². The van der Waals surface area contributed by atoms with E-state index >= 15 is 0 Å². The summed E-state index contributed by atoms with van der Waals surface area (Å²) in [6, 6.07) is 4.17. The summed E-state index contributed by atoms with van der Waals surface area (Å²) in [6.45, 7) is 2.17. The molecule has 0 aromatic heterocycles. The van der Waals surface area contributed by atoms with E-state index in [2.05, 4.69) is 12.2 Å². The highest BCUT2D eigenvalue weighted by molar-refractivity contribution is 5.91. The molecule has 0 aliphatic heterocycles. The number of halogens is 1. The van der Waals surface area contributed by atoms with Gasteiger partial charge in [0, 0.05) is 12.1 Å². The molecule has 3 N–H and O–H groups in total. The van der Waals surface area contributed by atoms with E-state index in [9.17, 15) is 9.18 Å². The summed E-state index contributed by atoms with van der Waals surface area (Å²) in [5.74, 6) is -0.606. The summed E-state index contributed by atoms with van der Waals surface area (Å²) >= 11 is 0. The van der Waals surface area contributed by atoms with Crippen LogP contribution in [0, 0.1) is 5.82 Å². The number of hydrogen-bond donors (Lipinski definition) is 2. The number of carbonyl (C=O) groups excluding carboxylic acids is 1. The lowest BCUT2D eigenvalue weighted by Crippen LogP contribution is -2.12. The summed E-state index contributed by atoms with van der Waals surface area (Å²) < 4.78 is 13.4. The van der Waals surface area contributed by atoms with Gasteiger partial charge in [-0.1, -0.05) is 39.0 Å². The molecule has 4 heteroatoms. The van der Waals surface area contributed by atoms with E-state index in [0.29, 0.717) is 12.1 Å². The molecule has 0 aliphatic carbocycles. The number of anilines is 2. The van der Waals surface area contributed by atoms with E-state index in [1.54, 1.807) is 0 Å². The number of rotatable bonds is 8. The first-order chi connectivity index (χ1) is 9.13.